The molecule has 0 aromatic rings. The Hall–Kier alpha value is 1.11. The molecule has 218 valence electrons. The van der Waals surface area contributed by atoms with Crippen molar-refractivity contribution in [2.45, 2.75) is 155 Å². The third-order valence-corrected chi connectivity index (χ3v) is 6.94. The molecule has 0 aromatic carbocycles. The van der Waals surface area contributed by atoms with Crippen molar-refractivity contribution >= 4 is 25.3 Å². The minimum atomic E-state index is 0. The van der Waals surface area contributed by atoms with Gasteiger partial charge in [-0.05, 0) is 25.9 Å². The van der Waals surface area contributed by atoms with Crippen LogP contribution in [0.5, 0.6) is 0 Å². The van der Waals surface area contributed by atoms with Crippen molar-refractivity contribution < 1.29 is 16.5 Å². The Labute approximate surface area is 244 Å². The van der Waals surface area contributed by atoms with Crippen LogP contribution in [0.4, 0.5) is 0 Å². The number of nitrogens with one attached hydrogen (secondary N) is 2. The van der Waals surface area contributed by atoms with E-state index in [-0.39, 0.29) is 16.5 Å². The van der Waals surface area contributed by atoms with Crippen LogP contribution < -0.4 is 10.6 Å². The topological polar surface area (TPSA) is 24.1 Å². The van der Waals surface area contributed by atoms with E-state index in [0.29, 0.717) is 0 Å². The molecule has 0 saturated carbocycles. The van der Waals surface area contributed by atoms with Crippen LogP contribution in [0.1, 0.15) is 155 Å². The zero-order valence-electron chi connectivity index (χ0n) is 24.0. The van der Waals surface area contributed by atoms with Gasteiger partial charge in [0.25, 0.3) is 0 Å². The van der Waals surface area contributed by atoms with Gasteiger partial charge >= 0.3 is 0 Å². The van der Waals surface area contributed by atoms with Gasteiger partial charge in [0, 0.05) is 41.1 Å². The zero-order chi connectivity index (χ0) is 25.2. The molecular weight excluding hydrogens is 511 g/mol. The quantitative estimate of drug-likeness (QED) is 0.0423. The SMILES string of the molecule is CCCCCCCCCCCCCNCCS.CCCCCCCCCCCCCNCCS.[Ni]. The summed E-state index contributed by atoms with van der Waals surface area (Å²) in [5.74, 6) is 1.91. The number of thiol groups is 2. The molecule has 0 amide bonds. The molecule has 0 aliphatic carbocycles. The number of hydrogen-bond acceptors (Lipinski definition) is 4. The molecule has 2 nitrogen and oxygen atoms in total. The van der Waals surface area contributed by atoms with E-state index in [9.17, 15) is 0 Å². The molecule has 0 rings (SSSR count). The Morgan fingerprint density at radius 3 is 0.800 bits per heavy atom. The van der Waals surface area contributed by atoms with Crippen LogP contribution in [0, 0.1) is 0 Å². The van der Waals surface area contributed by atoms with Crippen LogP contribution in [0.2, 0.25) is 0 Å². The van der Waals surface area contributed by atoms with Crippen LogP contribution in [0.3, 0.4) is 0 Å². The van der Waals surface area contributed by atoms with E-state index in [0.717, 1.165) is 24.6 Å². The number of rotatable bonds is 28. The second-order valence-corrected chi connectivity index (χ2v) is 10.9. The molecule has 5 heteroatoms. The van der Waals surface area contributed by atoms with Crippen LogP contribution in [-0.4, -0.2) is 37.7 Å². The fraction of sp³-hybridized carbons (Fsp3) is 1.00. The van der Waals surface area contributed by atoms with Gasteiger partial charge in [-0.3, -0.25) is 0 Å². The van der Waals surface area contributed by atoms with Crippen LogP contribution in [-0.2, 0) is 16.5 Å². The molecule has 0 spiro atoms. The Balaban J connectivity index is -0.000000569. The van der Waals surface area contributed by atoms with E-state index in [1.54, 1.807) is 0 Å². The normalized spacial score (nSPS) is 10.6. The summed E-state index contributed by atoms with van der Waals surface area (Å²) in [5.41, 5.74) is 0. The van der Waals surface area contributed by atoms with Gasteiger partial charge in [-0.15, -0.1) is 0 Å². The van der Waals surface area contributed by atoms with E-state index in [1.165, 1.54) is 154 Å². The third kappa shape index (κ3) is 45.4. The van der Waals surface area contributed by atoms with Gasteiger partial charge < -0.3 is 10.6 Å². The minimum absolute atomic E-state index is 0. The molecule has 0 unspecified atom stereocenters. The van der Waals surface area contributed by atoms with Gasteiger partial charge in [0.2, 0.25) is 0 Å². The minimum Gasteiger partial charge on any atom is -0.316 e. The van der Waals surface area contributed by atoms with Gasteiger partial charge in [0.05, 0.1) is 0 Å². The summed E-state index contributed by atoms with van der Waals surface area (Å²) >= 11 is 8.34. The van der Waals surface area contributed by atoms with E-state index in [2.05, 4.69) is 49.7 Å². The maximum atomic E-state index is 4.17. The molecule has 0 saturated heterocycles. The Kier molecular flexibility index (Phi) is 49.0. The van der Waals surface area contributed by atoms with Gasteiger partial charge in [0.15, 0.2) is 0 Å². The van der Waals surface area contributed by atoms with Crippen LogP contribution >= 0.6 is 25.3 Å². The molecule has 0 aromatic heterocycles. The number of unbranched alkanes of at least 4 members (excludes halogenated alkanes) is 20. The number of hydrogen-bond donors (Lipinski definition) is 4. The van der Waals surface area contributed by atoms with Crippen molar-refractivity contribution in [3.8, 4) is 0 Å². The first kappa shape index (κ1) is 40.6. The molecule has 0 bridgehead atoms. The Morgan fingerprint density at radius 2 is 0.571 bits per heavy atom. The second-order valence-electron chi connectivity index (χ2n) is 10.0. The predicted octanol–water partition coefficient (Wildman–Crippen LogP) is 9.63. The van der Waals surface area contributed by atoms with Crippen molar-refractivity contribution in [1.29, 1.82) is 0 Å². The standard InChI is InChI=1S/2C15H33NS.Ni/c2*1-2-3-4-5-6-7-8-9-10-11-12-13-16-14-15-17;/h2*16-17H,2-15H2,1H3;. The summed E-state index contributed by atoms with van der Waals surface area (Å²) in [6.45, 7) is 9.03. The summed E-state index contributed by atoms with van der Waals surface area (Å²) in [5, 5.41) is 6.78. The van der Waals surface area contributed by atoms with Crippen molar-refractivity contribution in [2.24, 2.45) is 0 Å². The first-order chi connectivity index (χ1) is 16.8. The second kappa shape index (κ2) is 42.2. The van der Waals surface area contributed by atoms with E-state index >= 15 is 0 Å². The van der Waals surface area contributed by atoms with Gasteiger partial charge in [-0.25, -0.2) is 0 Å². The van der Waals surface area contributed by atoms with Gasteiger partial charge in [-0.2, -0.15) is 25.3 Å². The van der Waals surface area contributed by atoms with Crippen molar-refractivity contribution in [1.82, 2.24) is 10.6 Å². The van der Waals surface area contributed by atoms with Gasteiger partial charge in [0.1, 0.15) is 0 Å². The average Bonchev–Trinajstić information content (AvgIpc) is 2.85. The van der Waals surface area contributed by atoms with Gasteiger partial charge in [-0.1, -0.05) is 142 Å². The largest absolute Gasteiger partial charge is 0.316 e. The molecule has 0 atom stereocenters. The summed E-state index contributed by atoms with van der Waals surface area (Å²) in [6.07, 6.45) is 31.4. The maximum absolute atomic E-state index is 4.17. The van der Waals surface area contributed by atoms with E-state index < -0.39 is 0 Å². The summed E-state index contributed by atoms with van der Waals surface area (Å²) in [4.78, 5) is 0. The first-order valence-electron chi connectivity index (χ1n) is 15.5. The molecule has 2 N–H and O–H groups in total. The Morgan fingerprint density at radius 1 is 0.343 bits per heavy atom. The van der Waals surface area contributed by atoms with E-state index in [1.807, 2.05) is 0 Å². The smallest absolute Gasteiger partial charge is 0.00397 e. The molecule has 0 heterocycles. The summed E-state index contributed by atoms with van der Waals surface area (Å²) in [6, 6.07) is 0. The fourth-order valence-electron chi connectivity index (χ4n) is 4.24. The molecule has 0 aliphatic rings. The maximum Gasteiger partial charge on any atom is 0.00397 e. The van der Waals surface area contributed by atoms with Crippen molar-refractivity contribution in [3.05, 3.63) is 0 Å². The first-order valence-corrected chi connectivity index (χ1v) is 16.7. The molecule has 0 radical (unpaired) electrons. The zero-order valence-corrected chi connectivity index (χ0v) is 26.8. The molecule has 0 aliphatic heterocycles. The summed E-state index contributed by atoms with van der Waals surface area (Å²) in [7, 11) is 0. The fourth-order valence-corrected chi connectivity index (χ4v) is 4.55. The van der Waals surface area contributed by atoms with Crippen molar-refractivity contribution in [3.63, 3.8) is 0 Å². The van der Waals surface area contributed by atoms with Crippen molar-refractivity contribution in [2.75, 3.05) is 37.7 Å². The monoisotopic (exact) mass is 576 g/mol. The predicted molar refractivity (Wildman–Crippen MR) is 166 cm³/mol. The average molecular weight is 578 g/mol. The Bertz CT molecular complexity index is 265. The van der Waals surface area contributed by atoms with E-state index in [4.69, 9.17) is 0 Å². The summed E-state index contributed by atoms with van der Waals surface area (Å²) < 4.78 is 0. The molecule has 0 fully saturated rings. The molecule has 35 heavy (non-hydrogen) atoms. The van der Waals surface area contributed by atoms with Crippen LogP contribution in [0.15, 0.2) is 0 Å². The third-order valence-electron chi connectivity index (χ3n) is 6.49. The van der Waals surface area contributed by atoms with Crippen LogP contribution in [0.25, 0.3) is 0 Å². The molecular formula is C30H66N2NiS2.